The van der Waals surface area contributed by atoms with Gasteiger partial charge in [0.15, 0.2) is 0 Å². The highest BCUT2D eigenvalue weighted by molar-refractivity contribution is 5.97. The summed E-state index contributed by atoms with van der Waals surface area (Å²) in [6.45, 7) is 5.92. The molecule has 1 aromatic carbocycles. The number of methoxy groups -OCH3 is 1. The summed E-state index contributed by atoms with van der Waals surface area (Å²) >= 11 is 0. The molecule has 0 aliphatic carbocycles. The Morgan fingerprint density at radius 3 is 2.50 bits per heavy atom. The number of nitrogens with zero attached hydrogens (tertiary/aromatic N) is 2. The van der Waals surface area contributed by atoms with Crippen molar-refractivity contribution in [2.45, 2.75) is 32.7 Å². The average molecular weight is 301 g/mol. The van der Waals surface area contributed by atoms with Crippen LogP contribution in [0.5, 0.6) is 5.88 Å². The number of benzene rings is 1. The van der Waals surface area contributed by atoms with Gasteiger partial charge in [-0.2, -0.15) is 5.10 Å². The lowest BCUT2D eigenvalue weighted by Crippen LogP contribution is -2.36. The standard InChI is InChI=1S/C17H23N3O2/c1-11(14-9-7-6-8-10-14)12(2)18-16(21)15-13(3)19-20(4)17(15)22-5/h6-12H,1-5H3,(H,18,21)/t11-,12+/m1/s1. The highest BCUT2D eigenvalue weighted by Crippen LogP contribution is 2.23. The number of carbonyl (C=O) groups excluding carboxylic acids is 1. The molecule has 5 heteroatoms. The van der Waals surface area contributed by atoms with Crippen molar-refractivity contribution in [2.24, 2.45) is 7.05 Å². The first-order valence-electron chi connectivity index (χ1n) is 7.39. The van der Waals surface area contributed by atoms with Crippen molar-refractivity contribution in [2.75, 3.05) is 7.11 Å². The number of rotatable bonds is 5. The van der Waals surface area contributed by atoms with Crippen LogP contribution in [0.2, 0.25) is 0 Å². The topological polar surface area (TPSA) is 56.1 Å². The molecule has 0 aliphatic rings. The Morgan fingerprint density at radius 1 is 1.27 bits per heavy atom. The number of amides is 1. The van der Waals surface area contributed by atoms with Crippen LogP contribution >= 0.6 is 0 Å². The maximum atomic E-state index is 12.6. The fourth-order valence-corrected chi connectivity index (χ4v) is 2.58. The van der Waals surface area contributed by atoms with Gasteiger partial charge in [-0.15, -0.1) is 0 Å². The minimum atomic E-state index is -0.155. The molecular weight excluding hydrogens is 278 g/mol. The van der Waals surface area contributed by atoms with E-state index in [-0.39, 0.29) is 17.9 Å². The number of aryl methyl sites for hydroxylation is 2. The number of hydrogen-bond donors (Lipinski definition) is 1. The molecule has 118 valence electrons. The van der Waals surface area contributed by atoms with Crippen molar-refractivity contribution in [3.63, 3.8) is 0 Å². The molecule has 1 N–H and O–H groups in total. The van der Waals surface area contributed by atoms with Crippen molar-refractivity contribution >= 4 is 5.91 Å². The van der Waals surface area contributed by atoms with Crippen LogP contribution in [0.25, 0.3) is 0 Å². The van der Waals surface area contributed by atoms with Crippen molar-refractivity contribution in [3.05, 3.63) is 47.2 Å². The molecule has 1 heterocycles. The third-order valence-electron chi connectivity index (χ3n) is 4.02. The zero-order valence-corrected chi connectivity index (χ0v) is 13.8. The first-order valence-corrected chi connectivity index (χ1v) is 7.39. The van der Waals surface area contributed by atoms with Crippen LogP contribution in [0.1, 0.15) is 41.4 Å². The van der Waals surface area contributed by atoms with E-state index in [4.69, 9.17) is 4.74 Å². The smallest absolute Gasteiger partial charge is 0.258 e. The third-order valence-corrected chi connectivity index (χ3v) is 4.02. The molecule has 0 saturated heterocycles. The van der Waals surface area contributed by atoms with Gasteiger partial charge in [-0.05, 0) is 19.4 Å². The van der Waals surface area contributed by atoms with Crippen LogP contribution in [0.15, 0.2) is 30.3 Å². The van der Waals surface area contributed by atoms with Crippen molar-refractivity contribution in [1.29, 1.82) is 0 Å². The summed E-state index contributed by atoms with van der Waals surface area (Å²) in [6, 6.07) is 10.2. The molecule has 22 heavy (non-hydrogen) atoms. The molecule has 0 spiro atoms. The first kappa shape index (κ1) is 16.1. The van der Waals surface area contributed by atoms with Gasteiger partial charge in [0.1, 0.15) is 5.56 Å². The first-order chi connectivity index (χ1) is 10.5. The van der Waals surface area contributed by atoms with Gasteiger partial charge in [0.2, 0.25) is 5.88 Å². The highest BCUT2D eigenvalue weighted by atomic mass is 16.5. The monoisotopic (exact) mass is 301 g/mol. The molecule has 0 unspecified atom stereocenters. The van der Waals surface area contributed by atoms with Crippen molar-refractivity contribution < 1.29 is 9.53 Å². The Balaban J connectivity index is 2.15. The molecule has 2 atom stereocenters. The van der Waals surface area contributed by atoms with E-state index in [0.717, 1.165) is 0 Å². The van der Waals surface area contributed by atoms with Crippen LogP contribution in [0.3, 0.4) is 0 Å². The second kappa shape index (κ2) is 6.64. The Bertz CT molecular complexity index is 649. The quantitative estimate of drug-likeness (QED) is 0.923. The molecule has 0 radical (unpaired) electrons. The number of carbonyl (C=O) groups is 1. The van der Waals surface area contributed by atoms with Gasteiger partial charge in [-0.1, -0.05) is 37.3 Å². The molecular formula is C17H23N3O2. The van der Waals surface area contributed by atoms with E-state index < -0.39 is 0 Å². The predicted octanol–water partition coefficient (Wildman–Crippen LogP) is 2.66. The maximum Gasteiger partial charge on any atom is 0.258 e. The number of nitrogens with one attached hydrogen (secondary N) is 1. The SMILES string of the molecule is COc1c(C(=O)N[C@@H](C)[C@@H](C)c2ccccc2)c(C)nn1C. The predicted molar refractivity (Wildman–Crippen MR) is 86.3 cm³/mol. The van der Waals surface area contributed by atoms with Gasteiger partial charge >= 0.3 is 0 Å². The van der Waals surface area contributed by atoms with Gasteiger partial charge in [0, 0.05) is 19.0 Å². The summed E-state index contributed by atoms with van der Waals surface area (Å²) in [6.07, 6.45) is 0. The van der Waals surface area contributed by atoms with Crippen LogP contribution in [-0.4, -0.2) is 28.8 Å². The largest absolute Gasteiger partial charge is 0.481 e. The van der Waals surface area contributed by atoms with Gasteiger partial charge in [0.25, 0.3) is 5.91 Å². The molecule has 5 nitrogen and oxygen atoms in total. The van der Waals surface area contributed by atoms with E-state index >= 15 is 0 Å². The van der Waals surface area contributed by atoms with Crippen molar-refractivity contribution in [3.8, 4) is 5.88 Å². The molecule has 0 saturated carbocycles. The fourth-order valence-electron chi connectivity index (χ4n) is 2.58. The Labute approximate surface area is 131 Å². The summed E-state index contributed by atoms with van der Waals surface area (Å²) in [5.74, 6) is 0.542. The lowest BCUT2D eigenvalue weighted by Gasteiger charge is -2.21. The van der Waals surface area contributed by atoms with E-state index in [9.17, 15) is 4.79 Å². The van der Waals surface area contributed by atoms with Crippen LogP contribution in [0.4, 0.5) is 0 Å². The molecule has 0 bridgehead atoms. The lowest BCUT2D eigenvalue weighted by atomic mass is 9.94. The van der Waals surface area contributed by atoms with Gasteiger partial charge in [-0.25, -0.2) is 4.68 Å². The van der Waals surface area contributed by atoms with Gasteiger partial charge < -0.3 is 10.1 Å². The summed E-state index contributed by atoms with van der Waals surface area (Å²) in [4.78, 5) is 12.6. The van der Waals surface area contributed by atoms with Crippen LogP contribution in [-0.2, 0) is 7.05 Å². The zero-order valence-electron chi connectivity index (χ0n) is 13.8. The van der Waals surface area contributed by atoms with E-state index in [1.54, 1.807) is 18.8 Å². The van der Waals surface area contributed by atoms with Crippen LogP contribution in [0, 0.1) is 6.92 Å². The highest BCUT2D eigenvalue weighted by Gasteiger charge is 2.24. The zero-order chi connectivity index (χ0) is 16.3. The molecule has 0 aliphatic heterocycles. The van der Waals surface area contributed by atoms with E-state index in [1.807, 2.05) is 32.0 Å². The van der Waals surface area contributed by atoms with Gasteiger partial charge in [0.05, 0.1) is 12.8 Å². The minimum absolute atomic E-state index is 0.000729. The minimum Gasteiger partial charge on any atom is -0.481 e. The second-order valence-corrected chi connectivity index (χ2v) is 5.55. The second-order valence-electron chi connectivity index (χ2n) is 5.55. The van der Waals surface area contributed by atoms with E-state index in [0.29, 0.717) is 17.1 Å². The van der Waals surface area contributed by atoms with Crippen LogP contribution < -0.4 is 10.1 Å². The summed E-state index contributed by atoms with van der Waals surface area (Å²) in [7, 11) is 3.31. The maximum absolute atomic E-state index is 12.6. The molecule has 2 aromatic rings. The number of aromatic nitrogens is 2. The Hall–Kier alpha value is -2.30. The van der Waals surface area contributed by atoms with E-state index in [1.165, 1.54) is 5.56 Å². The molecule has 1 aromatic heterocycles. The summed E-state index contributed by atoms with van der Waals surface area (Å²) < 4.78 is 6.86. The molecule has 1 amide bonds. The van der Waals surface area contributed by atoms with Gasteiger partial charge in [-0.3, -0.25) is 4.79 Å². The summed E-state index contributed by atoms with van der Waals surface area (Å²) in [5.41, 5.74) is 2.36. The number of hydrogen-bond acceptors (Lipinski definition) is 3. The average Bonchev–Trinajstić information content (AvgIpc) is 2.80. The van der Waals surface area contributed by atoms with Crippen molar-refractivity contribution in [1.82, 2.24) is 15.1 Å². The number of ether oxygens (including phenoxy) is 1. The Kier molecular flexibility index (Phi) is 4.85. The Morgan fingerprint density at radius 2 is 1.91 bits per heavy atom. The third kappa shape index (κ3) is 3.13. The molecule has 0 fully saturated rings. The normalized spacial score (nSPS) is 13.5. The fraction of sp³-hybridized carbons (Fsp3) is 0.412. The summed E-state index contributed by atoms with van der Waals surface area (Å²) in [5, 5.41) is 7.30. The van der Waals surface area contributed by atoms with E-state index in [2.05, 4.69) is 29.5 Å². The lowest BCUT2D eigenvalue weighted by molar-refractivity contribution is 0.0931. The molecule has 2 rings (SSSR count).